The zero-order chi connectivity index (χ0) is 8.72. The first-order chi connectivity index (χ1) is 5.70. The van der Waals surface area contributed by atoms with Crippen molar-refractivity contribution in [1.82, 2.24) is 0 Å². The van der Waals surface area contributed by atoms with Crippen LogP contribution in [0.2, 0.25) is 0 Å². The number of nitrogen functional groups attached to an aromatic ring is 1. The van der Waals surface area contributed by atoms with Crippen molar-refractivity contribution in [2.45, 2.75) is 6.42 Å². The quantitative estimate of drug-likeness (QED) is 0.683. The summed E-state index contributed by atoms with van der Waals surface area (Å²) in [6.45, 7) is 0. The lowest BCUT2D eigenvalue weighted by atomic mass is 10.1. The Morgan fingerprint density at radius 2 is 1.93 bits per heavy atom. The van der Waals surface area contributed by atoms with Gasteiger partial charge in [0.25, 0.3) is 0 Å². The van der Waals surface area contributed by atoms with Crippen molar-refractivity contribution in [2.75, 3.05) is 5.73 Å². The highest BCUT2D eigenvalue weighted by molar-refractivity contribution is 7.08. The third-order valence-electron chi connectivity index (χ3n) is 1.89. The van der Waals surface area contributed by atoms with E-state index in [-0.39, 0.29) is 30.6 Å². The van der Waals surface area contributed by atoms with Crippen molar-refractivity contribution in [3.8, 4) is 0 Å². The van der Waals surface area contributed by atoms with Gasteiger partial charge in [-0.05, 0) is 0 Å². The van der Waals surface area contributed by atoms with Crippen LogP contribution in [0.25, 0.3) is 11.8 Å². The molecule has 0 aliphatic heterocycles. The number of carbonyl (C=O) groups excluding carboxylic acids is 1. The van der Waals surface area contributed by atoms with E-state index in [1.807, 2.05) is 11.5 Å². The molecule has 4 N–H and O–H groups in total. The minimum atomic E-state index is -0.0346. The number of rotatable bonds is 0. The van der Waals surface area contributed by atoms with E-state index in [9.17, 15) is 4.79 Å². The van der Waals surface area contributed by atoms with E-state index >= 15 is 0 Å². The molecule has 1 aliphatic carbocycles. The van der Waals surface area contributed by atoms with Crippen LogP contribution in [0.15, 0.2) is 5.38 Å². The lowest BCUT2D eigenvalue weighted by Gasteiger charge is -2.01. The minimum Gasteiger partial charge on any atom is -0.397 e. The summed E-state index contributed by atoms with van der Waals surface area (Å²) in [6, 6.07) is 0. The van der Waals surface area contributed by atoms with Crippen LogP contribution >= 0.6 is 36.2 Å². The molecule has 0 atom stereocenters. The van der Waals surface area contributed by atoms with Gasteiger partial charge in [-0.15, -0.1) is 36.2 Å². The highest BCUT2D eigenvalue weighted by atomic mass is 35.5. The molecule has 0 amide bonds. The van der Waals surface area contributed by atoms with E-state index < -0.39 is 0 Å². The van der Waals surface area contributed by atoms with Crippen molar-refractivity contribution in [1.29, 1.82) is 0 Å². The molecule has 0 unspecified atom stereocenters. The van der Waals surface area contributed by atoms with Crippen molar-refractivity contribution in [3.05, 3.63) is 15.1 Å². The summed E-state index contributed by atoms with van der Waals surface area (Å²) < 4.78 is 1.02. The summed E-state index contributed by atoms with van der Waals surface area (Å²) in [5.41, 5.74) is 12.2. The van der Waals surface area contributed by atoms with Gasteiger partial charge in [0.15, 0.2) is 5.78 Å². The Morgan fingerprint density at radius 1 is 1.29 bits per heavy atom. The number of ketones is 1. The van der Waals surface area contributed by atoms with E-state index in [2.05, 4.69) is 0 Å². The molecular weight excluding hydrogens is 243 g/mol. The second-order valence-electron chi connectivity index (χ2n) is 2.68. The van der Waals surface area contributed by atoms with Crippen LogP contribution in [0.1, 0.15) is 6.42 Å². The second kappa shape index (κ2) is 4.68. The molecule has 0 spiro atoms. The first kappa shape index (κ1) is 13.3. The number of hydrogen-bond donors (Lipinski definition) is 2. The minimum absolute atomic E-state index is 0. The number of thiophene rings is 1. The highest BCUT2D eigenvalue weighted by Gasteiger charge is 2.12. The summed E-state index contributed by atoms with van der Waals surface area (Å²) in [4.78, 5) is 11.2. The molecular formula is C8H10Cl2N2OS. The Labute approximate surface area is 97.3 Å². The maximum atomic E-state index is 11.2. The monoisotopic (exact) mass is 252 g/mol. The second-order valence-corrected chi connectivity index (χ2v) is 3.59. The molecule has 78 valence electrons. The molecule has 0 bridgehead atoms. The molecule has 0 fully saturated rings. The third-order valence-corrected chi connectivity index (χ3v) is 2.89. The number of halogens is 2. The standard InChI is InChI=1S/C8H8N2OS.2ClH/c9-4-3-12-6-2-1-5(11)8(10)7(4)6;;/h2-3H,1,9-10H2;2*1H. The summed E-state index contributed by atoms with van der Waals surface area (Å²) >= 11 is 1.52. The van der Waals surface area contributed by atoms with Gasteiger partial charge in [0.05, 0.1) is 11.4 Å². The van der Waals surface area contributed by atoms with E-state index in [1.165, 1.54) is 11.3 Å². The van der Waals surface area contributed by atoms with Crippen molar-refractivity contribution in [2.24, 2.45) is 5.73 Å². The maximum Gasteiger partial charge on any atom is 0.183 e. The van der Waals surface area contributed by atoms with Gasteiger partial charge in [-0.2, -0.15) is 0 Å². The van der Waals surface area contributed by atoms with Crippen molar-refractivity contribution >= 4 is 59.4 Å². The van der Waals surface area contributed by atoms with E-state index in [0.717, 1.165) is 9.75 Å². The molecule has 0 radical (unpaired) electrons. The molecule has 6 heteroatoms. The topological polar surface area (TPSA) is 69.1 Å². The van der Waals surface area contributed by atoms with Gasteiger partial charge in [-0.25, -0.2) is 0 Å². The van der Waals surface area contributed by atoms with Gasteiger partial charge >= 0.3 is 0 Å². The Hall–Kier alpha value is -0.710. The summed E-state index contributed by atoms with van der Waals surface area (Å²) in [7, 11) is 0. The van der Waals surface area contributed by atoms with E-state index in [4.69, 9.17) is 11.5 Å². The zero-order valence-electron chi connectivity index (χ0n) is 7.15. The predicted octanol–water partition coefficient (Wildman–Crippen LogP) is -0.00590. The molecule has 2 rings (SSSR count). The van der Waals surface area contributed by atoms with Crippen LogP contribution in [0.3, 0.4) is 0 Å². The van der Waals surface area contributed by atoms with Crippen LogP contribution in [-0.2, 0) is 4.79 Å². The molecule has 14 heavy (non-hydrogen) atoms. The fraction of sp³-hybridized carbons (Fsp3) is 0.125. The first-order valence-corrected chi connectivity index (χ1v) is 4.44. The molecule has 1 heterocycles. The fourth-order valence-electron chi connectivity index (χ4n) is 1.26. The Kier molecular flexibility index (Phi) is 4.45. The smallest absolute Gasteiger partial charge is 0.183 e. The summed E-state index contributed by atoms with van der Waals surface area (Å²) in [5.74, 6) is -0.0346. The largest absolute Gasteiger partial charge is 0.397 e. The number of carbonyl (C=O) groups is 1. The average Bonchev–Trinajstić information content (AvgIpc) is 2.41. The molecule has 1 aromatic heterocycles. The van der Waals surface area contributed by atoms with Crippen LogP contribution in [0, 0.1) is 0 Å². The lowest BCUT2D eigenvalue weighted by molar-refractivity contribution is -0.113. The van der Waals surface area contributed by atoms with Crippen molar-refractivity contribution in [3.63, 3.8) is 0 Å². The lowest BCUT2D eigenvalue weighted by Crippen LogP contribution is -2.34. The normalized spacial score (nSPS) is 13.4. The van der Waals surface area contributed by atoms with Gasteiger partial charge < -0.3 is 11.5 Å². The first-order valence-electron chi connectivity index (χ1n) is 3.56. The molecule has 3 nitrogen and oxygen atoms in total. The fourth-order valence-corrected chi connectivity index (χ4v) is 2.16. The molecule has 1 aromatic rings. The predicted molar refractivity (Wildman–Crippen MR) is 64.2 cm³/mol. The third kappa shape index (κ3) is 1.87. The highest BCUT2D eigenvalue weighted by Crippen LogP contribution is 2.03. The van der Waals surface area contributed by atoms with Crippen LogP contribution < -0.4 is 21.2 Å². The molecule has 0 saturated carbocycles. The van der Waals surface area contributed by atoms with Gasteiger partial charge in [0.1, 0.15) is 0 Å². The van der Waals surface area contributed by atoms with E-state index in [1.54, 1.807) is 0 Å². The summed E-state index contributed by atoms with van der Waals surface area (Å²) in [6.07, 6.45) is 2.27. The Balaban J connectivity index is 0.000000845. The molecule has 1 aliphatic rings. The number of nitrogens with two attached hydrogens (primary N) is 2. The number of anilines is 1. The van der Waals surface area contributed by atoms with Gasteiger partial charge in [-0.1, -0.05) is 6.08 Å². The number of fused-ring (bicyclic) bond motifs is 1. The van der Waals surface area contributed by atoms with Gasteiger partial charge in [0.2, 0.25) is 0 Å². The van der Waals surface area contributed by atoms with E-state index in [0.29, 0.717) is 17.8 Å². The zero-order valence-corrected chi connectivity index (χ0v) is 9.60. The van der Waals surface area contributed by atoms with Gasteiger partial charge in [0, 0.05) is 21.6 Å². The number of hydrogen-bond acceptors (Lipinski definition) is 4. The average molecular weight is 253 g/mol. The van der Waals surface area contributed by atoms with Crippen LogP contribution in [0.4, 0.5) is 5.69 Å². The Morgan fingerprint density at radius 3 is 2.57 bits per heavy atom. The SMILES string of the molecule is Cl.Cl.NC1=c2c(N)csc2=CCC1=O. The van der Waals surface area contributed by atoms with Gasteiger partial charge in [-0.3, -0.25) is 4.79 Å². The molecule has 0 aromatic carbocycles. The summed E-state index contributed by atoms with van der Waals surface area (Å²) in [5, 5.41) is 2.54. The van der Waals surface area contributed by atoms with Crippen LogP contribution in [-0.4, -0.2) is 5.78 Å². The number of Topliss-reactive ketones (excluding diaryl/α,β-unsaturated/α-hetero) is 1. The maximum absolute atomic E-state index is 11.2. The Bertz CT molecular complexity index is 466. The molecule has 0 saturated heterocycles. The van der Waals surface area contributed by atoms with Crippen molar-refractivity contribution < 1.29 is 4.79 Å². The van der Waals surface area contributed by atoms with Crippen LogP contribution in [0.5, 0.6) is 0 Å².